The molecule has 1 aromatic rings. The Balaban J connectivity index is 1.89. The van der Waals surface area contributed by atoms with Crippen LogP contribution in [0.5, 0.6) is 0 Å². The number of rotatable bonds is 3. The molecule has 0 spiro atoms. The Bertz CT molecular complexity index is 339. The predicted molar refractivity (Wildman–Crippen MR) is 71.1 cm³/mol. The quantitative estimate of drug-likeness (QED) is 0.803. The van der Waals surface area contributed by atoms with Gasteiger partial charge in [-0.3, -0.25) is 4.99 Å². The van der Waals surface area contributed by atoms with Crippen LogP contribution in [0.3, 0.4) is 0 Å². The van der Waals surface area contributed by atoms with Gasteiger partial charge in [0.25, 0.3) is 0 Å². The van der Waals surface area contributed by atoms with Crippen LogP contribution in [0.2, 0.25) is 0 Å². The highest BCUT2D eigenvalue weighted by molar-refractivity contribution is 9.09. The van der Waals surface area contributed by atoms with Crippen molar-refractivity contribution in [2.24, 2.45) is 4.99 Å². The lowest BCUT2D eigenvalue weighted by Crippen LogP contribution is -2.23. The number of halogens is 1. The SMILES string of the molecule is CN(Cc1cscn1)C1=NCC(CBr)S1. The molecule has 1 unspecified atom stereocenters. The fourth-order valence-electron chi connectivity index (χ4n) is 1.32. The monoisotopic (exact) mass is 305 g/mol. The van der Waals surface area contributed by atoms with Crippen molar-refractivity contribution < 1.29 is 0 Å². The van der Waals surface area contributed by atoms with E-state index in [0.29, 0.717) is 5.25 Å². The second-order valence-electron chi connectivity index (χ2n) is 3.35. The lowest BCUT2D eigenvalue weighted by atomic mass is 10.4. The molecule has 0 amide bonds. The van der Waals surface area contributed by atoms with Crippen LogP contribution in [0.15, 0.2) is 15.9 Å². The number of nitrogens with zero attached hydrogens (tertiary/aromatic N) is 3. The summed E-state index contributed by atoms with van der Waals surface area (Å²) in [6, 6.07) is 0. The average Bonchev–Trinajstić information content (AvgIpc) is 2.86. The number of thioether (sulfide) groups is 1. The van der Waals surface area contributed by atoms with Crippen LogP contribution in [0.4, 0.5) is 0 Å². The smallest absolute Gasteiger partial charge is 0.159 e. The van der Waals surface area contributed by atoms with Gasteiger partial charge < -0.3 is 4.90 Å². The number of aromatic nitrogens is 1. The average molecular weight is 306 g/mol. The van der Waals surface area contributed by atoms with E-state index in [0.717, 1.165) is 29.3 Å². The first-order chi connectivity index (χ1) is 7.29. The molecule has 0 aliphatic carbocycles. The molecule has 2 rings (SSSR count). The fraction of sp³-hybridized carbons (Fsp3) is 0.556. The molecule has 6 heteroatoms. The molecule has 0 bridgehead atoms. The number of aliphatic imine (C=N–C) groups is 1. The highest BCUT2D eigenvalue weighted by atomic mass is 79.9. The molecule has 3 nitrogen and oxygen atoms in total. The standard InChI is InChI=1S/C9H12BrN3S2/c1-13(4-7-5-14-6-12-7)9-11-3-8(2-10)15-9/h5-6,8H,2-4H2,1H3. The van der Waals surface area contributed by atoms with Crippen molar-refractivity contribution >= 4 is 44.2 Å². The molecular formula is C9H12BrN3S2. The molecule has 82 valence electrons. The van der Waals surface area contributed by atoms with Gasteiger partial charge in [-0.15, -0.1) is 11.3 Å². The Labute approximate surface area is 106 Å². The first-order valence-electron chi connectivity index (χ1n) is 4.65. The highest BCUT2D eigenvalue weighted by Gasteiger charge is 2.21. The van der Waals surface area contributed by atoms with Crippen molar-refractivity contribution in [1.29, 1.82) is 0 Å². The first-order valence-corrected chi connectivity index (χ1v) is 7.59. The van der Waals surface area contributed by atoms with Crippen molar-refractivity contribution in [3.05, 3.63) is 16.6 Å². The predicted octanol–water partition coefficient (Wildman–Crippen LogP) is 2.44. The van der Waals surface area contributed by atoms with E-state index in [1.165, 1.54) is 0 Å². The van der Waals surface area contributed by atoms with Gasteiger partial charge in [-0.1, -0.05) is 27.7 Å². The molecule has 0 aromatic carbocycles. The van der Waals surface area contributed by atoms with Crippen LogP contribution in [-0.4, -0.2) is 39.2 Å². The molecule has 0 saturated carbocycles. The van der Waals surface area contributed by atoms with Crippen molar-refractivity contribution in [1.82, 2.24) is 9.88 Å². The molecule has 1 aromatic heterocycles. The van der Waals surface area contributed by atoms with Crippen molar-refractivity contribution in [2.75, 3.05) is 18.9 Å². The van der Waals surface area contributed by atoms with E-state index in [-0.39, 0.29) is 0 Å². The molecule has 1 atom stereocenters. The van der Waals surface area contributed by atoms with Gasteiger partial charge in [0, 0.05) is 23.0 Å². The van der Waals surface area contributed by atoms with Crippen molar-refractivity contribution in [2.45, 2.75) is 11.8 Å². The lowest BCUT2D eigenvalue weighted by molar-refractivity contribution is 0.503. The largest absolute Gasteiger partial charge is 0.349 e. The minimum absolute atomic E-state index is 0.595. The third-order valence-corrected chi connectivity index (χ3v) is 5.23. The van der Waals surface area contributed by atoms with E-state index in [9.17, 15) is 0 Å². The lowest BCUT2D eigenvalue weighted by Gasteiger charge is -2.17. The minimum Gasteiger partial charge on any atom is -0.349 e. The van der Waals surface area contributed by atoms with E-state index in [4.69, 9.17) is 0 Å². The van der Waals surface area contributed by atoms with Crippen molar-refractivity contribution in [3.8, 4) is 0 Å². The van der Waals surface area contributed by atoms with Crippen LogP contribution in [0.25, 0.3) is 0 Å². The van der Waals surface area contributed by atoms with Crippen LogP contribution in [-0.2, 0) is 6.54 Å². The third kappa shape index (κ3) is 2.95. The normalized spacial score (nSPS) is 20.4. The third-order valence-electron chi connectivity index (χ3n) is 2.08. The maximum absolute atomic E-state index is 4.52. The van der Waals surface area contributed by atoms with Gasteiger partial charge in [0.15, 0.2) is 5.17 Å². The molecule has 0 N–H and O–H groups in total. The van der Waals surface area contributed by atoms with E-state index < -0.39 is 0 Å². The van der Waals surface area contributed by atoms with Gasteiger partial charge in [-0.05, 0) is 0 Å². The van der Waals surface area contributed by atoms with Gasteiger partial charge >= 0.3 is 0 Å². The number of amidine groups is 1. The maximum atomic E-state index is 4.52. The second-order valence-corrected chi connectivity index (χ2v) is 5.99. The van der Waals surface area contributed by atoms with Gasteiger partial charge in [-0.2, -0.15) is 0 Å². The maximum Gasteiger partial charge on any atom is 0.159 e. The van der Waals surface area contributed by atoms with E-state index in [1.54, 1.807) is 11.3 Å². The van der Waals surface area contributed by atoms with Gasteiger partial charge in [-0.25, -0.2) is 4.98 Å². The van der Waals surface area contributed by atoms with Crippen LogP contribution < -0.4 is 0 Å². The van der Waals surface area contributed by atoms with E-state index >= 15 is 0 Å². The van der Waals surface area contributed by atoms with Crippen LogP contribution in [0, 0.1) is 0 Å². The Morgan fingerprint density at radius 2 is 2.53 bits per heavy atom. The minimum atomic E-state index is 0.595. The summed E-state index contributed by atoms with van der Waals surface area (Å²) in [6.07, 6.45) is 0. The summed E-state index contributed by atoms with van der Waals surface area (Å²) in [5.74, 6) is 0. The van der Waals surface area contributed by atoms with Gasteiger partial charge in [0.05, 0.1) is 24.3 Å². The van der Waals surface area contributed by atoms with Gasteiger partial charge in [0.2, 0.25) is 0 Å². The molecule has 1 aliphatic rings. The molecule has 15 heavy (non-hydrogen) atoms. The summed E-state index contributed by atoms with van der Waals surface area (Å²) >= 11 is 6.97. The zero-order valence-corrected chi connectivity index (χ0v) is 11.6. The summed E-state index contributed by atoms with van der Waals surface area (Å²) in [4.78, 5) is 11.0. The zero-order chi connectivity index (χ0) is 10.7. The Kier molecular flexibility index (Phi) is 4.05. The molecular weight excluding hydrogens is 294 g/mol. The summed E-state index contributed by atoms with van der Waals surface area (Å²) < 4.78 is 0. The number of hydrogen-bond donors (Lipinski definition) is 0. The fourth-order valence-corrected chi connectivity index (χ4v) is 3.38. The number of alkyl halides is 1. The molecule has 1 aliphatic heterocycles. The van der Waals surface area contributed by atoms with Gasteiger partial charge in [0.1, 0.15) is 0 Å². The molecule has 0 fully saturated rings. The van der Waals surface area contributed by atoms with Crippen LogP contribution >= 0.6 is 39.0 Å². The molecule has 2 heterocycles. The summed E-state index contributed by atoms with van der Waals surface area (Å²) in [7, 11) is 2.07. The first kappa shape index (κ1) is 11.4. The topological polar surface area (TPSA) is 28.5 Å². The van der Waals surface area contributed by atoms with E-state index in [2.05, 4.69) is 43.2 Å². The summed E-state index contributed by atoms with van der Waals surface area (Å²) in [6.45, 7) is 1.77. The highest BCUT2D eigenvalue weighted by Crippen LogP contribution is 2.24. The number of thiazole rings is 1. The molecule has 0 radical (unpaired) electrons. The Morgan fingerprint density at radius 3 is 3.13 bits per heavy atom. The van der Waals surface area contributed by atoms with E-state index in [1.807, 2.05) is 17.3 Å². The zero-order valence-electron chi connectivity index (χ0n) is 8.39. The van der Waals surface area contributed by atoms with Crippen LogP contribution in [0.1, 0.15) is 5.69 Å². The summed E-state index contributed by atoms with van der Waals surface area (Å²) in [5.41, 5.74) is 2.99. The Morgan fingerprint density at radius 1 is 1.67 bits per heavy atom. The number of hydrogen-bond acceptors (Lipinski definition) is 5. The summed E-state index contributed by atoms with van der Waals surface area (Å²) in [5, 5.41) is 4.82. The Hall–Kier alpha value is -0.0700. The second kappa shape index (κ2) is 5.32. The van der Waals surface area contributed by atoms with Crippen molar-refractivity contribution in [3.63, 3.8) is 0 Å². The molecule has 0 saturated heterocycles.